The van der Waals surface area contributed by atoms with Gasteiger partial charge in [0.15, 0.2) is 5.78 Å². The monoisotopic (exact) mass is 136 g/mol. The zero-order chi connectivity index (χ0) is 7.65. The predicted molar refractivity (Wildman–Crippen MR) is 29.5 cm³/mol. The summed E-state index contributed by atoms with van der Waals surface area (Å²) < 4.78 is 0. The third kappa shape index (κ3) is 3.70. The standard InChI is InChI=1S/C6H10O3.Li/c1-6(2,3)4(7)5(8)9;/h1-3H3,(H,8,9);/q;+1/p-1. The van der Waals surface area contributed by atoms with Gasteiger partial charge in [-0.2, -0.15) is 0 Å². The second kappa shape index (κ2) is 3.80. The molecule has 3 nitrogen and oxygen atoms in total. The number of aliphatic carboxylic acids is 1. The van der Waals surface area contributed by atoms with Crippen LogP contribution in [0.4, 0.5) is 0 Å². The van der Waals surface area contributed by atoms with Crippen molar-refractivity contribution in [1.29, 1.82) is 0 Å². The Labute approximate surface area is 72.0 Å². The summed E-state index contributed by atoms with van der Waals surface area (Å²) in [5.41, 5.74) is -0.821. The molecule has 0 spiro atoms. The predicted octanol–water partition coefficient (Wildman–Crippen LogP) is -3.64. The van der Waals surface area contributed by atoms with E-state index in [0.717, 1.165) is 0 Å². The maximum atomic E-state index is 10.5. The first-order valence-electron chi connectivity index (χ1n) is 2.61. The van der Waals surface area contributed by atoms with Crippen LogP contribution in [0, 0.1) is 5.41 Å². The number of hydrogen-bond donors (Lipinski definition) is 0. The SMILES string of the molecule is CC(C)(C)C(=O)C(=O)[O-].[Li+]. The van der Waals surface area contributed by atoms with Crippen LogP contribution in [0.3, 0.4) is 0 Å². The Bertz CT molecular complexity index is 146. The van der Waals surface area contributed by atoms with E-state index in [-0.39, 0.29) is 18.9 Å². The molecule has 4 heteroatoms. The topological polar surface area (TPSA) is 57.2 Å². The average molecular weight is 136 g/mol. The summed E-state index contributed by atoms with van der Waals surface area (Å²) in [4.78, 5) is 20.4. The van der Waals surface area contributed by atoms with Crippen molar-refractivity contribution < 1.29 is 33.6 Å². The first-order chi connectivity index (χ1) is 3.85. The Morgan fingerprint density at radius 2 is 1.50 bits per heavy atom. The van der Waals surface area contributed by atoms with Gasteiger partial charge < -0.3 is 9.90 Å². The molecule has 0 rings (SSSR count). The van der Waals surface area contributed by atoms with E-state index in [1.54, 1.807) is 0 Å². The van der Waals surface area contributed by atoms with Crippen LogP contribution in [0.1, 0.15) is 20.8 Å². The summed E-state index contributed by atoms with van der Waals surface area (Å²) in [6, 6.07) is 0. The van der Waals surface area contributed by atoms with E-state index in [1.165, 1.54) is 20.8 Å². The first kappa shape index (κ1) is 12.4. The van der Waals surface area contributed by atoms with Gasteiger partial charge in [-0.05, 0) is 0 Å². The van der Waals surface area contributed by atoms with Crippen LogP contribution in [0.2, 0.25) is 0 Å². The van der Waals surface area contributed by atoms with Crippen molar-refractivity contribution in [3.8, 4) is 0 Å². The summed E-state index contributed by atoms with van der Waals surface area (Å²) in [5, 5.41) is 9.89. The molecule has 0 aliphatic rings. The van der Waals surface area contributed by atoms with E-state index in [2.05, 4.69) is 0 Å². The minimum atomic E-state index is -1.61. The zero-order valence-corrected chi connectivity index (χ0v) is 6.72. The quantitative estimate of drug-likeness (QED) is 0.276. The van der Waals surface area contributed by atoms with Crippen LogP contribution in [-0.4, -0.2) is 11.8 Å². The Balaban J connectivity index is 0. The van der Waals surface area contributed by atoms with Crippen molar-refractivity contribution >= 4 is 11.8 Å². The van der Waals surface area contributed by atoms with Gasteiger partial charge in [0.2, 0.25) is 0 Å². The van der Waals surface area contributed by atoms with Gasteiger partial charge in [0.1, 0.15) is 5.97 Å². The van der Waals surface area contributed by atoms with Gasteiger partial charge in [-0.1, -0.05) is 20.8 Å². The number of carboxylic acid groups (broad SMARTS) is 1. The van der Waals surface area contributed by atoms with Gasteiger partial charge in [0, 0.05) is 5.41 Å². The molecule has 0 atom stereocenters. The van der Waals surface area contributed by atoms with Crippen LogP contribution in [0.25, 0.3) is 0 Å². The Morgan fingerprint density at radius 3 is 1.50 bits per heavy atom. The molecule has 0 bridgehead atoms. The molecule has 52 valence electrons. The fourth-order valence-electron chi connectivity index (χ4n) is 0.306. The van der Waals surface area contributed by atoms with E-state index in [9.17, 15) is 14.7 Å². The minimum absolute atomic E-state index is 0. The molecule has 0 aliphatic heterocycles. The van der Waals surface area contributed by atoms with Crippen LogP contribution in [0.5, 0.6) is 0 Å². The van der Waals surface area contributed by atoms with Gasteiger partial charge in [0.05, 0.1) is 0 Å². The number of carboxylic acids is 1. The van der Waals surface area contributed by atoms with Gasteiger partial charge in [-0.3, -0.25) is 4.79 Å². The molecular formula is C6H9LiO3. The van der Waals surface area contributed by atoms with Crippen molar-refractivity contribution in [2.24, 2.45) is 5.41 Å². The van der Waals surface area contributed by atoms with Crippen molar-refractivity contribution in [1.82, 2.24) is 0 Å². The average Bonchev–Trinajstić information content (AvgIpc) is 1.62. The number of Topliss-reactive ketones (excluding diaryl/α,β-unsaturated/α-hetero) is 1. The molecule has 0 fully saturated rings. The summed E-state index contributed by atoms with van der Waals surface area (Å²) >= 11 is 0. The second-order valence-electron chi connectivity index (χ2n) is 2.87. The third-order valence-electron chi connectivity index (χ3n) is 0.867. The Morgan fingerprint density at radius 1 is 1.20 bits per heavy atom. The third-order valence-corrected chi connectivity index (χ3v) is 0.867. The maximum absolute atomic E-state index is 10.5. The molecule has 0 radical (unpaired) electrons. The van der Waals surface area contributed by atoms with E-state index in [0.29, 0.717) is 0 Å². The van der Waals surface area contributed by atoms with Crippen LogP contribution in [0.15, 0.2) is 0 Å². The normalized spacial score (nSPS) is 9.90. The van der Waals surface area contributed by atoms with Crippen molar-refractivity contribution in [2.75, 3.05) is 0 Å². The molecule has 0 unspecified atom stereocenters. The summed E-state index contributed by atoms with van der Waals surface area (Å²) in [6.45, 7) is 4.60. The maximum Gasteiger partial charge on any atom is 1.00 e. The minimum Gasteiger partial charge on any atom is -0.542 e. The molecule has 0 amide bonds. The van der Waals surface area contributed by atoms with Crippen LogP contribution >= 0.6 is 0 Å². The van der Waals surface area contributed by atoms with E-state index >= 15 is 0 Å². The Kier molecular flexibility index (Phi) is 4.71. The second-order valence-corrected chi connectivity index (χ2v) is 2.87. The molecule has 0 saturated carbocycles. The first-order valence-corrected chi connectivity index (χ1v) is 2.61. The molecule has 0 saturated heterocycles. The Hall–Kier alpha value is -0.263. The van der Waals surface area contributed by atoms with Crippen LogP contribution in [-0.2, 0) is 9.59 Å². The zero-order valence-electron chi connectivity index (χ0n) is 6.72. The van der Waals surface area contributed by atoms with Gasteiger partial charge >= 0.3 is 18.9 Å². The van der Waals surface area contributed by atoms with Crippen LogP contribution < -0.4 is 24.0 Å². The molecule has 0 aromatic rings. The van der Waals surface area contributed by atoms with E-state index in [1.807, 2.05) is 0 Å². The van der Waals surface area contributed by atoms with Gasteiger partial charge in [-0.15, -0.1) is 0 Å². The van der Waals surface area contributed by atoms with E-state index in [4.69, 9.17) is 0 Å². The van der Waals surface area contributed by atoms with Gasteiger partial charge in [0.25, 0.3) is 0 Å². The number of ketones is 1. The number of carbonyl (C=O) groups is 2. The molecule has 0 aliphatic carbocycles. The number of carbonyl (C=O) groups excluding carboxylic acids is 2. The fourth-order valence-corrected chi connectivity index (χ4v) is 0.306. The molecule has 0 N–H and O–H groups in total. The van der Waals surface area contributed by atoms with Crippen molar-refractivity contribution in [2.45, 2.75) is 20.8 Å². The smallest absolute Gasteiger partial charge is 0.542 e. The molecular weight excluding hydrogens is 127 g/mol. The van der Waals surface area contributed by atoms with Crippen molar-refractivity contribution in [3.63, 3.8) is 0 Å². The summed E-state index contributed by atoms with van der Waals surface area (Å²) in [7, 11) is 0. The molecule has 10 heavy (non-hydrogen) atoms. The summed E-state index contributed by atoms with van der Waals surface area (Å²) in [5.74, 6) is -2.47. The number of hydrogen-bond acceptors (Lipinski definition) is 3. The number of rotatable bonds is 1. The van der Waals surface area contributed by atoms with E-state index < -0.39 is 17.2 Å². The van der Waals surface area contributed by atoms with Crippen molar-refractivity contribution in [3.05, 3.63) is 0 Å². The van der Waals surface area contributed by atoms with Gasteiger partial charge in [-0.25, -0.2) is 0 Å². The molecule has 0 heterocycles. The summed E-state index contributed by atoms with van der Waals surface area (Å²) in [6.07, 6.45) is 0. The largest absolute Gasteiger partial charge is 1.00 e. The molecule has 0 aromatic carbocycles. The fraction of sp³-hybridized carbons (Fsp3) is 0.667. The molecule has 0 aromatic heterocycles.